The first kappa shape index (κ1) is 12.5. The number of hydrogen-bond donors (Lipinski definition) is 2. The lowest BCUT2D eigenvalue weighted by Crippen LogP contribution is -2.29. The Morgan fingerprint density at radius 3 is 2.50 bits per heavy atom. The van der Waals surface area contributed by atoms with E-state index in [1.807, 2.05) is 42.5 Å². The van der Waals surface area contributed by atoms with Gasteiger partial charge in [0, 0.05) is 0 Å². The smallest absolute Gasteiger partial charge is 0.189 e. The van der Waals surface area contributed by atoms with Crippen LogP contribution in [0.1, 0.15) is 17.2 Å². The van der Waals surface area contributed by atoms with Crippen molar-refractivity contribution in [2.75, 3.05) is 6.54 Å². The van der Waals surface area contributed by atoms with Gasteiger partial charge in [-0.25, -0.2) is 0 Å². The third-order valence-corrected chi connectivity index (χ3v) is 3.30. The first-order valence-electron chi connectivity index (χ1n) is 6.64. The zero-order valence-electron chi connectivity index (χ0n) is 11.1. The summed E-state index contributed by atoms with van der Waals surface area (Å²) < 4.78 is 5.76. The van der Waals surface area contributed by atoms with Gasteiger partial charge >= 0.3 is 0 Å². The zero-order chi connectivity index (χ0) is 13.8. The standard InChI is InChI=1S/C16H17N3O/c17-16-18-10-15(19-16)13-6-8-14(9-7-13)20-11-12-4-2-1-3-5-12/h1-9,15H,10-11H2,(H3,17,18,19). The van der Waals surface area contributed by atoms with E-state index in [2.05, 4.69) is 22.4 Å². The molecule has 2 aromatic carbocycles. The Hall–Kier alpha value is -2.49. The summed E-state index contributed by atoms with van der Waals surface area (Å²) in [7, 11) is 0. The molecule has 0 fully saturated rings. The lowest BCUT2D eigenvalue weighted by Gasteiger charge is -2.12. The number of guanidine groups is 1. The predicted octanol–water partition coefficient (Wildman–Crippen LogP) is 2.22. The van der Waals surface area contributed by atoms with Gasteiger partial charge in [-0.05, 0) is 23.3 Å². The van der Waals surface area contributed by atoms with Gasteiger partial charge in [0.15, 0.2) is 5.96 Å². The summed E-state index contributed by atoms with van der Waals surface area (Å²) in [6, 6.07) is 18.4. The van der Waals surface area contributed by atoms with E-state index in [0.29, 0.717) is 19.1 Å². The van der Waals surface area contributed by atoms with Crippen LogP contribution in [0.15, 0.2) is 59.6 Å². The number of nitrogens with two attached hydrogens (primary N) is 1. The van der Waals surface area contributed by atoms with Crippen LogP contribution in [0.4, 0.5) is 0 Å². The lowest BCUT2D eigenvalue weighted by atomic mass is 10.1. The van der Waals surface area contributed by atoms with Gasteiger partial charge < -0.3 is 15.8 Å². The predicted molar refractivity (Wildman–Crippen MR) is 79.6 cm³/mol. The molecule has 2 aromatic rings. The Labute approximate surface area is 118 Å². The average molecular weight is 267 g/mol. The van der Waals surface area contributed by atoms with Gasteiger partial charge in [-0.2, -0.15) is 0 Å². The highest BCUT2D eigenvalue weighted by atomic mass is 16.5. The molecule has 102 valence electrons. The van der Waals surface area contributed by atoms with E-state index < -0.39 is 0 Å². The van der Waals surface area contributed by atoms with Gasteiger partial charge in [0.2, 0.25) is 0 Å². The van der Waals surface area contributed by atoms with E-state index >= 15 is 0 Å². The molecule has 0 bridgehead atoms. The third kappa shape index (κ3) is 2.91. The Morgan fingerprint density at radius 2 is 1.85 bits per heavy atom. The second kappa shape index (κ2) is 5.65. The molecule has 1 heterocycles. The van der Waals surface area contributed by atoms with Crippen LogP contribution in [-0.2, 0) is 6.61 Å². The van der Waals surface area contributed by atoms with Crippen molar-refractivity contribution in [1.82, 2.24) is 5.32 Å². The molecule has 3 N–H and O–H groups in total. The summed E-state index contributed by atoms with van der Waals surface area (Å²) in [5.41, 5.74) is 7.95. The maximum absolute atomic E-state index is 5.76. The summed E-state index contributed by atoms with van der Waals surface area (Å²) in [6.45, 7) is 1.27. The van der Waals surface area contributed by atoms with E-state index in [-0.39, 0.29) is 6.04 Å². The average Bonchev–Trinajstić information content (AvgIpc) is 2.93. The summed E-state index contributed by atoms with van der Waals surface area (Å²) in [5, 5.41) is 3.13. The van der Waals surface area contributed by atoms with Gasteiger partial charge in [0.25, 0.3) is 0 Å². The summed E-state index contributed by atoms with van der Waals surface area (Å²) >= 11 is 0. The minimum atomic E-state index is 0.179. The normalized spacial score (nSPS) is 17.4. The molecule has 1 aliphatic rings. The summed E-state index contributed by atoms with van der Waals surface area (Å²) in [4.78, 5) is 4.14. The van der Waals surface area contributed by atoms with Crippen LogP contribution in [0.5, 0.6) is 5.75 Å². The molecule has 0 saturated carbocycles. The van der Waals surface area contributed by atoms with Crippen molar-refractivity contribution in [3.05, 3.63) is 65.7 Å². The topological polar surface area (TPSA) is 59.6 Å². The van der Waals surface area contributed by atoms with Crippen molar-refractivity contribution in [3.8, 4) is 5.75 Å². The number of benzene rings is 2. The molecule has 20 heavy (non-hydrogen) atoms. The van der Waals surface area contributed by atoms with Crippen LogP contribution in [0.2, 0.25) is 0 Å². The quantitative estimate of drug-likeness (QED) is 0.893. The SMILES string of the molecule is NC1=NCC(c2ccc(OCc3ccccc3)cc2)N1. The highest BCUT2D eigenvalue weighted by molar-refractivity contribution is 5.80. The van der Waals surface area contributed by atoms with E-state index in [0.717, 1.165) is 11.3 Å². The maximum atomic E-state index is 5.76. The van der Waals surface area contributed by atoms with Crippen LogP contribution in [0, 0.1) is 0 Å². The largest absolute Gasteiger partial charge is 0.489 e. The van der Waals surface area contributed by atoms with Crippen molar-refractivity contribution < 1.29 is 4.74 Å². The van der Waals surface area contributed by atoms with Crippen LogP contribution in [0.25, 0.3) is 0 Å². The molecule has 0 saturated heterocycles. The molecular formula is C16H17N3O. The molecule has 4 heteroatoms. The second-order valence-electron chi connectivity index (χ2n) is 4.77. The molecule has 0 amide bonds. The van der Waals surface area contributed by atoms with Crippen molar-refractivity contribution in [1.29, 1.82) is 0 Å². The van der Waals surface area contributed by atoms with Crippen molar-refractivity contribution >= 4 is 5.96 Å². The second-order valence-corrected chi connectivity index (χ2v) is 4.77. The maximum Gasteiger partial charge on any atom is 0.189 e. The molecule has 0 aliphatic carbocycles. The first-order chi connectivity index (χ1) is 9.81. The van der Waals surface area contributed by atoms with E-state index in [1.54, 1.807) is 0 Å². The first-order valence-corrected chi connectivity index (χ1v) is 6.64. The molecule has 0 spiro atoms. The number of nitrogens with one attached hydrogen (secondary N) is 1. The van der Waals surface area contributed by atoms with Crippen LogP contribution in [0.3, 0.4) is 0 Å². The highest BCUT2D eigenvalue weighted by Gasteiger charge is 2.16. The molecule has 1 unspecified atom stereocenters. The van der Waals surface area contributed by atoms with Crippen molar-refractivity contribution in [3.63, 3.8) is 0 Å². The number of nitrogens with zero attached hydrogens (tertiary/aromatic N) is 1. The summed E-state index contributed by atoms with van der Waals surface area (Å²) in [6.07, 6.45) is 0. The number of rotatable bonds is 4. The van der Waals surface area contributed by atoms with Gasteiger partial charge in [0.05, 0.1) is 12.6 Å². The number of ether oxygens (including phenoxy) is 1. The number of hydrogen-bond acceptors (Lipinski definition) is 4. The minimum absolute atomic E-state index is 0.179. The molecular weight excluding hydrogens is 250 g/mol. The molecule has 3 rings (SSSR count). The van der Waals surface area contributed by atoms with Crippen LogP contribution < -0.4 is 15.8 Å². The minimum Gasteiger partial charge on any atom is -0.489 e. The Kier molecular flexibility index (Phi) is 3.54. The van der Waals surface area contributed by atoms with Crippen LogP contribution >= 0.6 is 0 Å². The zero-order valence-corrected chi connectivity index (χ0v) is 11.1. The van der Waals surface area contributed by atoms with Gasteiger partial charge in [-0.3, -0.25) is 4.99 Å². The highest BCUT2D eigenvalue weighted by Crippen LogP contribution is 2.20. The monoisotopic (exact) mass is 267 g/mol. The Morgan fingerprint density at radius 1 is 1.10 bits per heavy atom. The van der Waals surface area contributed by atoms with Crippen molar-refractivity contribution in [2.45, 2.75) is 12.6 Å². The fourth-order valence-electron chi connectivity index (χ4n) is 2.19. The lowest BCUT2D eigenvalue weighted by molar-refractivity contribution is 0.306. The van der Waals surface area contributed by atoms with Crippen molar-refractivity contribution in [2.24, 2.45) is 10.7 Å². The fraction of sp³-hybridized carbons (Fsp3) is 0.188. The Balaban J connectivity index is 1.59. The van der Waals surface area contributed by atoms with E-state index in [4.69, 9.17) is 10.5 Å². The van der Waals surface area contributed by atoms with Gasteiger partial charge in [-0.15, -0.1) is 0 Å². The van der Waals surface area contributed by atoms with E-state index in [9.17, 15) is 0 Å². The Bertz CT molecular complexity index is 593. The van der Waals surface area contributed by atoms with Gasteiger partial charge in [0.1, 0.15) is 12.4 Å². The fourth-order valence-corrected chi connectivity index (χ4v) is 2.19. The molecule has 0 radical (unpaired) electrons. The molecule has 0 aromatic heterocycles. The van der Waals surface area contributed by atoms with Gasteiger partial charge in [-0.1, -0.05) is 42.5 Å². The third-order valence-electron chi connectivity index (χ3n) is 3.30. The molecule has 4 nitrogen and oxygen atoms in total. The van der Waals surface area contributed by atoms with E-state index in [1.165, 1.54) is 5.56 Å². The van der Waals surface area contributed by atoms with Crippen LogP contribution in [-0.4, -0.2) is 12.5 Å². The number of aliphatic imine (C=N–C) groups is 1. The molecule has 1 atom stereocenters. The summed E-state index contributed by atoms with van der Waals surface area (Å²) in [5.74, 6) is 1.38. The molecule has 1 aliphatic heterocycles.